The Balaban J connectivity index is 1.92. The first-order chi connectivity index (χ1) is 10.9. The molecule has 0 aliphatic rings. The highest BCUT2D eigenvalue weighted by atomic mass is 16.1. The van der Waals surface area contributed by atoms with Crippen molar-refractivity contribution in [2.24, 2.45) is 0 Å². The molecule has 23 heavy (non-hydrogen) atoms. The van der Waals surface area contributed by atoms with E-state index in [1.165, 1.54) is 18.1 Å². The van der Waals surface area contributed by atoms with Gasteiger partial charge in [-0.05, 0) is 56.3 Å². The van der Waals surface area contributed by atoms with E-state index in [9.17, 15) is 4.79 Å². The number of nitrogens with one attached hydrogen (secondary N) is 1. The second-order valence-electron chi connectivity index (χ2n) is 6.17. The molecule has 0 unspecified atom stereocenters. The Bertz CT molecular complexity index is 652. The van der Waals surface area contributed by atoms with Gasteiger partial charge in [0.1, 0.15) is 0 Å². The predicted octanol–water partition coefficient (Wildman–Crippen LogP) is 3.41. The van der Waals surface area contributed by atoms with E-state index in [4.69, 9.17) is 0 Å². The van der Waals surface area contributed by atoms with Crippen molar-refractivity contribution in [2.45, 2.75) is 39.8 Å². The normalized spacial score (nSPS) is 12.2. The van der Waals surface area contributed by atoms with Crippen LogP contribution in [0.15, 0.2) is 42.6 Å². The smallest absolute Gasteiger partial charge is 0.221 e. The van der Waals surface area contributed by atoms with Crippen molar-refractivity contribution in [2.75, 3.05) is 12.4 Å². The molecule has 1 aromatic heterocycles. The third kappa shape index (κ3) is 5.49. The molecule has 122 valence electrons. The predicted molar refractivity (Wildman–Crippen MR) is 94.4 cm³/mol. The topological polar surface area (TPSA) is 45.2 Å². The van der Waals surface area contributed by atoms with E-state index < -0.39 is 0 Å². The molecule has 1 aromatic carbocycles. The number of carbonyl (C=O) groups excluding carboxylic acids is 1. The van der Waals surface area contributed by atoms with E-state index in [1.807, 2.05) is 24.4 Å². The first-order valence-electron chi connectivity index (χ1n) is 7.92. The largest absolute Gasteiger partial charge is 0.326 e. The maximum atomic E-state index is 11.0. The maximum Gasteiger partial charge on any atom is 0.221 e. The highest BCUT2D eigenvalue weighted by molar-refractivity contribution is 5.88. The molecule has 0 spiro atoms. The lowest BCUT2D eigenvalue weighted by molar-refractivity contribution is -0.114. The summed E-state index contributed by atoms with van der Waals surface area (Å²) in [6.45, 7) is 6.70. The Morgan fingerprint density at radius 2 is 1.96 bits per heavy atom. The number of amides is 1. The summed E-state index contributed by atoms with van der Waals surface area (Å²) < 4.78 is 0. The number of pyridine rings is 1. The molecule has 2 aromatic rings. The summed E-state index contributed by atoms with van der Waals surface area (Å²) in [4.78, 5) is 17.8. The average molecular weight is 311 g/mol. The maximum absolute atomic E-state index is 11.0. The molecule has 0 fully saturated rings. The van der Waals surface area contributed by atoms with Gasteiger partial charge in [0.15, 0.2) is 0 Å². The monoisotopic (exact) mass is 311 g/mol. The second-order valence-corrected chi connectivity index (χ2v) is 6.17. The Morgan fingerprint density at radius 1 is 1.26 bits per heavy atom. The van der Waals surface area contributed by atoms with Crippen molar-refractivity contribution in [3.05, 3.63) is 59.4 Å². The van der Waals surface area contributed by atoms with Crippen molar-refractivity contribution in [3.8, 4) is 0 Å². The Morgan fingerprint density at radius 3 is 2.57 bits per heavy atom. The summed E-state index contributed by atoms with van der Waals surface area (Å²) >= 11 is 0. The summed E-state index contributed by atoms with van der Waals surface area (Å²) in [7, 11) is 2.13. The summed E-state index contributed by atoms with van der Waals surface area (Å²) in [5, 5.41) is 2.79. The fourth-order valence-corrected chi connectivity index (χ4v) is 2.51. The van der Waals surface area contributed by atoms with Gasteiger partial charge in [0.05, 0.1) is 0 Å². The molecule has 0 aliphatic carbocycles. The summed E-state index contributed by atoms with van der Waals surface area (Å²) in [6.07, 6.45) is 2.81. The van der Waals surface area contributed by atoms with Crippen LogP contribution in [0.5, 0.6) is 0 Å². The lowest BCUT2D eigenvalue weighted by Crippen LogP contribution is -2.30. The molecule has 1 amide bonds. The van der Waals surface area contributed by atoms with Gasteiger partial charge in [-0.25, -0.2) is 0 Å². The number of benzene rings is 1. The fourth-order valence-electron chi connectivity index (χ4n) is 2.51. The van der Waals surface area contributed by atoms with E-state index in [0.717, 1.165) is 24.3 Å². The molecule has 1 atom stereocenters. The van der Waals surface area contributed by atoms with E-state index in [-0.39, 0.29) is 5.91 Å². The average Bonchev–Trinajstić information content (AvgIpc) is 2.48. The van der Waals surface area contributed by atoms with Crippen molar-refractivity contribution in [3.63, 3.8) is 0 Å². The number of hydrogen-bond donors (Lipinski definition) is 1. The minimum atomic E-state index is -0.0471. The van der Waals surface area contributed by atoms with Gasteiger partial charge in [-0.3, -0.25) is 14.7 Å². The third-order valence-electron chi connectivity index (χ3n) is 3.94. The van der Waals surface area contributed by atoms with E-state index in [0.29, 0.717) is 6.04 Å². The van der Waals surface area contributed by atoms with Crippen molar-refractivity contribution < 1.29 is 4.79 Å². The molecule has 4 heteroatoms. The minimum absolute atomic E-state index is 0.0471. The first kappa shape index (κ1) is 17.2. The third-order valence-corrected chi connectivity index (χ3v) is 3.94. The van der Waals surface area contributed by atoms with Gasteiger partial charge in [-0.15, -0.1) is 0 Å². The number of aromatic nitrogens is 1. The van der Waals surface area contributed by atoms with Crippen LogP contribution in [-0.2, 0) is 17.8 Å². The number of aryl methyl sites for hydroxylation is 1. The lowest BCUT2D eigenvalue weighted by atomic mass is 10.1. The number of nitrogens with zero attached hydrogens (tertiary/aromatic N) is 2. The zero-order chi connectivity index (χ0) is 16.8. The number of anilines is 1. The minimum Gasteiger partial charge on any atom is -0.326 e. The summed E-state index contributed by atoms with van der Waals surface area (Å²) in [5.41, 5.74) is 4.44. The molecule has 0 saturated heterocycles. The molecule has 4 nitrogen and oxygen atoms in total. The fraction of sp³-hybridized carbons (Fsp3) is 0.368. The van der Waals surface area contributed by atoms with Gasteiger partial charge in [-0.2, -0.15) is 0 Å². The lowest BCUT2D eigenvalue weighted by Gasteiger charge is -2.24. The highest BCUT2D eigenvalue weighted by Crippen LogP contribution is 2.14. The van der Waals surface area contributed by atoms with E-state index in [1.54, 1.807) is 0 Å². The Kier molecular flexibility index (Phi) is 5.88. The molecule has 1 heterocycles. The quantitative estimate of drug-likeness (QED) is 0.889. The van der Waals surface area contributed by atoms with Crippen molar-refractivity contribution in [1.82, 2.24) is 9.88 Å². The summed E-state index contributed by atoms with van der Waals surface area (Å²) in [6, 6.07) is 12.6. The number of likely N-dealkylation sites (N-methyl/N-ethyl adjacent to an activating group) is 1. The molecule has 0 bridgehead atoms. The standard InChI is InChI=1S/C19H25N3O/c1-14-9-10-20-19(11-14)12-15(2)22(4)13-17-5-7-18(8-6-17)21-16(3)23/h5-11,15H,12-13H2,1-4H3,(H,21,23)/t15-/m0/s1. The summed E-state index contributed by atoms with van der Waals surface area (Å²) in [5.74, 6) is -0.0471. The molecule has 0 radical (unpaired) electrons. The Labute approximate surface area is 138 Å². The SMILES string of the molecule is CC(=O)Nc1ccc(CN(C)[C@@H](C)Cc2cc(C)ccn2)cc1. The number of hydrogen-bond acceptors (Lipinski definition) is 3. The molecular weight excluding hydrogens is 286 g/mol. The van der Waals surface area contributed by atoms with Crippen LogP contribution >= 0.6 is 0 Å². The van der Waals surface area contributed by atoms with Gasteiger partial charge < -0.3 is 5.32 Å². The zero-order valence-electron chi connectivity index (χ0n) is 14.3. The van der Waals surface area contributed by atoms with Gasteiger partial charge in [0.2, 0.25) is 5.91 Å². The van der Waals surface area contributed by atoms with E-state index >= 15 is 0 Å². The highest BCUT2D eigenvalue weighted by Gasteiger charge is 2.11. The van der Waals surface area contributed by atoms with Crippen LogP contribution in [0.25, 0.3) is 0 Å². The van der Waals surface area contributed by atoms with Crippen LogP contribution in [0.4, 0.5) is 5.69 Å². The molecular formula is C19H25N3O. The number of rotatable bonds is 6. The van der Waals surface area contributed by atoms with Crippen molar-refractivity contribution in [1.29, 1.82) is 0 Å². The van der Waals surface area contributed by atoms with Gasteiger partial charge in [-0.1, -0.05) is 12.1 Å². The van der Waals surface area contributed by atoms with Crippen LogP contribution in [0.3, 0.4) is 0 Å². The van der Waals surface area contributed by atoms with Gasteiger partial charge in [0, 0.05) is 43.5 Å². The number of carbonyl (C=O) groups is 1. The second kappa shape index (κ2) is 7.88. The zero-order valence-corrected chi connectivity index (χ0v) is 14.3. The first-order valence-corrected chi connectivity index (χ1v) is 7.92. The van der Waals surface area contributed by atoms with Gasteiger partial charge >= 0.3 is 0 Å². The van der Waals surface area contributed by atoms with Crippen LogP contribution < -0.4 is 5.32 Å². The van der Waals surface area contributed by atoms with Crippen LogP contribution in [0.1, 0.15) is 30.7 Å². The van der Waals surface area contributed by atoms with Crippen molar-refractivity contribution >= 4 is 11.6 Å². The molecule has 2 rings (SSSR count). The molecule has 0 saturated carbocycles. The molecule has 1 N–H and O–H groups in total. The van der Waals surface area contributed by atoms with Crippen LogP contribution in [-0.4, -0.2) is 28.9 Å². The van der Waals surface area contributed by atoms with Gasteiger partial charge in [0.25, 0.3) is 0 Å². The van der Waals surface area contributed by atoms with Crippen LogP contribution in [0.2, 0.25) is 0 Å². The Hall–Kier alpha value is -2.20. The molecule has 0 aliphatic heterocycles. The van der Waals surface area contributed by atoms with E-state index in [2.05, 4.69) is 54.3 Å². The van der Waals surface area contributed by atoms with Crippen LogP contribution in [0, 0.1) is 6.92 Å².